The van der Waals surface area contributed by atoms with Crippen LogP contribution in [0.25, 0.3) is 10.9 Å². The Morgan fingerprint density at radius 2 is 2.05 bits per heavy atom. The van der Waals surface area contributed by atoms with Crippen molar-refractivity contribution in [3.63, 3.8) is 0 Å². The molecule has 0 radical (unpaired) electrons. The Bertz CT molecular complexity index is 760. The number of sulfone groups is 1. The second kappa shape index (κ2) is 4.60. The van der Waals surface area contributed by atoms with Crippen LogP contribution < -0.4 is 5.32 Å². The Kier molecular flexibility index (Phi) is 3.14. The second-order valence-electron chi connectivity index (χ2n) is 5.89. The van der Waals surface area contributed by atoms with E-state index in [0.717, 1.165) is 24.0 Å². The van der Waals surface area contributed by atoms with Gasteiger partial charge in [-0.15, -0.1) is 0 Å². The van der Waals surface area contributed by atoms with Crippen molar-refractivity contribution in [3.05, 3.63) is 30.0 Å². The molecule has 3 rings (SSSR count). The summed E-state index contributed by atoms with van der Waals surface area (Å²) in [5.41, 5.74) is 2.28. The smallest absolute Gasteiger partial charge is 0.175 e. The highest BCUT2D eigenvalue weighted by Crippen LogP contribution is 2.31. The lowest BCUT2D eigenvalue weighted by Gasteiger charge is -2.29. The van der Waals surface area contributed by atoms with Gasteiger partial charge in [0.2, 0.25) is 0 Å². The monoisotopic (exact) mass is 292 g/mol. The molecule has 2 aromatic rings. The number of hydrogen-bond donors (Lipinski definition) is 1. The van der Waals surface area contributed by atoms with Crippen LogP contribution in [-0.2, 0) is 16.4 Å². The lowest BCUT2D eigenvalue weighted by molar-refractivity contribution is 0.351. The summed E-state index contributed by atoms with van der Waals surface area (Å²) < 4.78 is 25.7. The van der Waals surface area contributed by atoms with Crippen LogP contribution in [0, 0.1) is 5.92 Å². The van der Waals surface area contributed by atoms with Crippen molar-refractivity contribution < 1.29 is 8.42 Å². The van der Waals surface area contributed by atoms with Crippen LogP contribution in [0.5, 0.6) is 0 Å². The highest BCUT2D eigenvalue weighted by Gasteiger charge is 2.24. The number of aromatic nitrogens is 1. The third-order valence-corrected chi connectivity index (χ3v) is 5.13. The minimum atomic E-state index is -3.16. The van der Waals surface area contributed by atoms with Crippen molar-refractivity contribution in [1.82, 2.24) is 9.88 Å². The average molecular weight is 292 g/mol. The third-order valence-electron chi connectivity index (χ3n) is 4.02. The van der Waals surface area contributed by atoms with E-state index >= 15 is 0 Å². The summed E-state index contributed by atoms with van der Waals surface area (Å²) in [6.45, 7) is 6.21. The fourth-order valence-corrected chi connectivity index (χ4v) is 3.65. The SMILES string of the molecule is CC(C)C1NCCn2c1cc1ccc(S(C)(=O)=O)cc12. The number of nitrogens with zero attached hydrogens (tertiary/aromatic N) is 1. The fraction of sp³-hybridized carbons (Fsp3) is 0.467. The van der Waals surface area contributed by atoms with E-state index in [1.54, 1.807) is 12.1 Å². The zero-order chi connectivity index (χ0) is 14.5. The van der Waals surface area contributed by atoms with Crippen LogP contribution in [0.3, 0.4) is 0 Å². The fourth-order valence-electron chi connectivity index (χ4n) is 3.01. The molecule has 4 nitrogen and oxygen atoms in total. The molecule has 0 saturated carbocycles. The molecule has 1 unspecified atom stereocenters. The van der Waals surface area contributed by atoms with Crippen molar-refractivity contribution in [1.29, 1.82) is 0 Å². The van der Waals surface area contributed by atoms with Crippen LogP contribution in [0.4, 0.5) is 0 Å². The van der Waals surface area contributed by atoms with Gasteiger partial charge >= 0.3 is 0 Å². The van der Waals surface area contributed by atoms with Gasteiger partial charge in [0.15, 0.2) is 9.84 Å². The van der Waals surface area contributed by atoms with Crippen molar-refractivity contribution in [2.45, 2.75) is 31.3 Å². The molecule has 0 spiro atoms. The van der Waals surface area contributed by atoms with E-state index in [4.69, 9.17) is 0 Å². The normalized spacial score (nSPS) is 19.5. The van der Waals surface area contributed by atoms with Crippen molar-refractivity contribution >= 4 is 20.7 Å². The maximum atomic E-state index is 11.7. The number of benzene rings is 1. The summed E-state index contributed by atoms with van der Waals surface area (Å²) in [7, 11) is -3.16. The van der Waals surface area contributed by atoms with Gasteiger partial charge in [-0.05, 0) is 24.1 Å². The molecule has 20 heavy (non-hydrogen) atoms. The van der Waals surface area contributed by atoms with E-state index in [1.165, 1.54) is 11.9 Å². The highest BCUT2D eigenvalue weighted by atomic mass is 32.2. The van der Waals surface area contributed by atoms with E-state index in [-0.39, 0.29) is 0 Å². The Hall–Kier alpha value is -1.33. The first-order chi connectivity index (χ1) is 9.38. The van der Waals surface area contributed by atoms with Crippen LogP contribution in [0.2, 0.25) is 0 Å². The Morgan fingerprint density at radius 3 is 2.70 bits per heavy atom. The van der Waals surface area contributed by atoms with Crippen molar-refractivity contribution in [2.75, 3.05) is 12.8 Å². The molecule has 0 aliphatic carbocycles. The molecule has 0 bridgehead atoms. The maximum Gasteiger partial charge on any atom is 0.175 e. The number of nitrogens with one attached hydrogen (secondary N) is 1. The maximum absolute atomic E-state index is 11.7. The summed E-state index contributed by atoms with van der Waals surface area (Å²) in [4.78, 5) is 0.394. The average Bonchev–Trinajstić information content (AvgIpc) is 2.74. The van der Waals surface area contributed by atoms with E-state index < -0.39 is 9.84 Å². The lowest BCUT2D eigenvalue weighted by Crippen LogP contribution is -2.35. The summed E-state index contributed by atoms with van der Waals surface area (Å²) in [5.74, 6) is 0.507. The largest absolute Gasteiger partial charge is 0.342 e. The van der Waals surface area contributed by atoms with Gasteiger partial charge < -0.3 is 9.88 Å². The molecule has 2 heterocycles. The topological polar surface area (TPSA) is 51.1 Å². The highest BCUT2D eigenvalue weighted by molar-refractivity contribution is 7.90. The van der Waals surface area contributed by atoms with E-state index in [1.807, 2.05) is 6.07 Å². The van der Waals surface area contributed by atoms with Crippen LogP contribution >= 0.6 is 0 Å². The summed E-state index contributed by atoms with van der Waals surface area (Å²) in [6.07, 6.45) is 1.26. The van der Waals surface area contributed by atoms with E-state index in [2.05, 4.69) is 29.8 Å². The molecule has 108 valence electrons. The molecule has 1 aliphatic heterocycles. The van der Waals surface area contributed by atoms with Crippen molar-refractivity contribution in [2.24, 2.45) is 5.92 Å². The molecule has 1 aromatic heterocycles. The van der Waals surface area contributed by atoms with Crippen LogP contribution in [0.1, 0.15) is 25.6 Å². The number of rotatable bonds is 2. The van der Waals surface area contributed by atoms with Gasteiger partial charge in [0, 0.05) is 42.0 Å². The predicted molar refractivity (Wildman–Crippen MR) is 80.6 cm³/mol. The zero-order valence-corrected chi connectivity index (χ0v) is 12.9. The molecule has 0 fully saturated rings. The van der Waals surface area contributed by atoms with Gasteiger partial charge in [-0.2, -0.15) is 0 Å². The van der Waals surface area contributed by atoms with Crippen molar-refractivity contribution in [3.8, 4) is 0 Å². The predicted octanol–water partition coefficient (Wildman–Crippen LogP) is 2.35. The van der Waals surface area contributed by atoms with Gasteiger partial charge in [-0.3, -0.25) is 0 Å². The molecule has 5 heteroatoms. The molecular weight excluding hydrogens is 272 g/mol. The summed E-state index contributed by atoms with van der Waals surface area (Å²) in [5, 5.41) is 4.65. The summed E-state index contributed by atoms with van der Waals surface area (Å²) in [6, 6.07) is 7.92. The molecule has 1 N–H and O–H groups in total. The van der Waals surface area contributed by atoms with Gasteiger partial charge in [0.1, 0.15) is 0 Å². The van der Waals surface area contributed by atoms with Gasteiger partial charge in [0.25, 0.3) is 0 Å². The molecule has 1 atom stereocenters. The molecule has 0 amide bonds. The number of fused-ring (bicyclic) bond motifs is 3. The quantitative estimate of drug-likeness (QED) is 0.924. The zero-order valence-electron chi connectivity index (χ0n) is 12.1. The Balaban J connectivity index is 2.22. The Labute approximate surface area is 119 Å². The van der Waals surface area contributed by atoms with Crippen LogP contribution in [-0.4, -0.2) is 25.8 Å². The minimum absolute atomic E-state index is 0.331. The van der Waals surface area contributed by atoms with Crippen LogP contribution in [0.15, 0.2) is 29.2 Å². The molecule has 0 saturated heterocycles. The second-order valence-corrected chi connectivity index (χ2v) is 7.91. The molecule has 1 aliphatic rings. The number of hydrogen-bond acceptors (Lipinski definition) is 3. The van der Waals surface area contributed by atoms with Gasteiger partial charge in [-0.25, -0.2) is 8.42 Å². The molecular formula is C15H20N2O2S. The first-order valence-corrected chi connectivity index (χ1v) is 8.83. The van der Waals surface area contributed by atoms with E-state index in [9.17, 15) is 8.42 Å². The molecule has 1 aromatic carbocycles. The first kappa shape index (κ1) is 13.6. The Morgan fingerprint density at radius 1 is 1.30 bits per heavy atom. The lowest BCUT2D eigenvalue weighted by atomic mass is 9.99. The van der Waals surface area contributed by atoms with Gasteiger partial charge in [-0.1, -0.05) is 19.9 Å². The third kappa shape index (κ3) is 2.15. The summed E-state index contributed by atoms with van der Waals surface area (Å²) >= 11 is 0. The standard InChI is InChI=1S/C15H20N2O2S/c1-10(2)15-14-8-11-4-5-12(20(3,18)19)9-13(11)17(14)7-6-16-15/h4-5,8-10,15-16H,6-7H2,1-3H3. The first-order valence-electron chi connectivity index (χ1n) is 6.94. The van der Waals surface area contributed by atoms with E-state index in [0.29, 0.717) is 16.9 Å². The van der Waals surface area contributed by atoms with Gasteiger partial charge in [0.05, 0.1) is 4.90 Å². The minimum Gasteiger partial charge on any atom is -0.342 e.